The summed E-state index contributed by atoms with van der Waals surface area (Å²) in [5.41, 5.74) is -0.536. The number of carbonyl (C=O) groups is 3. The molecule has 2 rings (SSSR count). The summed E-state index contributed by atoms with van der Waals surface area (Å²) in [6.07, 6.45) is -1.00. The maximum Gasteiger partial charge on any atom is 0.313 e. The Hall–Kier alpha value is -2.17. The van der Waals surface area contributed by atoms with E-state index in [1.165, 1.54) is 0 Å². The summed E-state index contributed by atoms with van der Waals surface area (Å²) < 4.78 is 5.55. The first-order valence-electron chi connectivity index (χ1n) is 7.62. The third-order valence-corrected chi connectivity index (χ3v) is 3.60. The number of hydrogen-bond donors (Lipinski definition) is 0. The van der Waals surface area contributed by atoms with Crippen LogP contribution in [0.2, 0.25) is 0 Å². The molecule has 0 aliphatic carbocycles. The Labute approximate surface area is 136 Å². The van der Waals surface area contributed by atoms with Crippen molar-refractivity contribution < 1.29 is 19.1 Å². The Morgan fingerprint density at radius 3 is 2.09 bits per heavy atom. The average Bonchev–Trinajstić information content (AvgIpc) is 2.69. The lowest BCUT2D eigenvalue weighted by Gasteiger charge is -2.30. The molecule has 1 aromatic carbocycles. The van der Waals surface area contributed by atoms with Gasteiger partial charge in [-0.25, -0.2) is 4.90 Å². The van der Waals surface area contributed by atoms with E-state index >= 15 is 0 Å². The summed E-state index contributed by atoms with van der Waals surface area (Å²) in [6, 6.07) is 6.84. The summed E-state index contributed by atoms with van der Waals surface area (Å²) in [5.74, 6) is -1.25. The third kappa shape index (κ3) is 3.14. The van der Waals surface area contributed by atoms with Crippen molar-refractivity contribution in [3.8, 4) is 0 Å². The van der Waals surface area contributed by atoms with Crippen LogP contribution in [0.3, 0.4) is 0 Å². The van der Waals surface area contributed by atoms with Crippen LogP contribution in [0.15, 0.2) is 24.3 Å². The highest BCUT2D eigenvalue weighted by Gasteiger charge is 2.46. The maximum absolute atomic E-state index is 12.7. The van der Waals surface area contributed by atoms with Gasteiger partial charge in [0.2, 0.25) is 12.1 Å². The van der Waals surface area contributed by atoms with Gasteiger partial charge in [0, 0.05) is 16.5 Å². The van der Waals surface area contributed by atoms with E-state index in [4.69, 9.17) is 4.74 Å². The highest BCUT2D eigenvalue weighted by Crippen LogP contribution is 2.38. The van der Waals surface area contributed by atoms with Gasteiger partial charge < -0.3 is 4.74 Å². The molecule has 23 heavy (non-hydrogen) atoms. The first-order chi connectivity index (χ1) is 10.4. The molecule has 124 valence electrons. The van der Waals surface area contributed by atoms with E-state index in [0.717, 1.165) is 4.90 Å². The predicted octanol–water partition coefficient (Wildman–Crippen LogP) is 3.30. The highest BCUT2D eigenvalue weighted by molar-refractivity contribution is 6.09. The molecule has 0 N–H and O–H groups in total. The predicted molar refractivity (Wildman–Crippen MR) is 85.4 cm³/mol. The van der Waals surface area contributed by atoms with E-state index in [2.05, 4.69) is 0 Å². The molecule has 1 aromatic rings. The second kappa shape index (κ2) is 5.48. The summed E-state index contributed by atoms with van der Waals surface area (Å²) in [5, 5.41) is 0. The fourth-order valence-corrected chi connectivity index (χ4v) is 2.24. The van der Waals surface area contributed by atoms with E-state index < -0.39 is 28.9 Å². The van der Waals surface area contributed by atoms with Crippen molar-refractivity contribution in [2.75, 3.05) is 0 Å². The van der Waals surface area contributed by atoms with E-state index in [1.807, 2.05) is 0 Å². The van der Waals surface area contributed by atoms with Crippen molar-refractivity contribution in [1.29, 1.82) is 0 Å². The monoisotopic (exact) mass is 317 g/mol. The van der Waals surface area contributed by atoms with Crippen molar-refractivity contribution >= 4 is 17.8 Å². The van der Waals surface area contributed by atoms with Gasteiger partial charge in [0.05, 0.1) is 5.41 Å². The van der Waals surface area contributed by atoms with Crippen molar-refractivity contribution in [2.45, 2.75) is 47.8 Å². The van der Waals surface area contributed by atoms with Gasteiger partial charge >= 0.3 is 5.97 Å². The summed E-state index contributed by atoms with van der Waals surface area (Å²) >= 11 is 0. The molecule has 0 bridgehead atoms. The number of nitrogens with zero attached hydrogens (tertiary/aromatic N) is 1. The zero-order valence-corrected chi connectivity index (χ0v) is 14.5. The molecule has 0 fully saturated rings. The number of rotatable bonds is 1. The van der Waals surface area contributed by atoms with Gasteiger partial charge in [-0.1, -0.05) is 39.0 Å². The standard InChI is InChI=1S/C18H23NO4/c1-17(2,3)15(21)19-13(20)11-9-7-8-10-12(11)14(19)23-16(22)18(4,5)6/h7-10,14H,1-6H3/t14-/m0/s1. The normalized spacial score (nSPS) is 17.9. The van der Waals surface area contributed by atoms with Crippen molar-refractivity contribution in [2.24, 2.45) is 10.8 Å². The van der Waals surface area contributed by atoms with Crippen LogP contribution in [0.4, 0.5) is 0 Å². The molecule has 0 spiro atoms. The van der Waals surface area contributed by atoms with Gasteiger partial charge in [0.25, 0.3) is 5.91 Å². The lowest BCUT2D eigenvalue weighted by molar-refractivity contribution is -0.171. The van der Waals surface area contributed by atoms with Gasteiger partial charge in [0.15, 0.2) is 0 Å². The highest BCUT2D eigenvalue weighted by atomic mass is 16.6. The first-order valence-corrected chi connectivity index (χ1v) is 7.62. The number of hydrogen-bond acceptors (Lipinski definition) is 4. The second-order valence-electron chi connectivity index (χ2n) is 7.83. The number of esters is 1. The Morgan fingerprint density at radius 1 is 1.00 bits per heavy atom. The molecule has 2 amide bonds. The molecular weight excluding hydrogens is 294 g/mol. The van der Waals surface area contributed by atoms with Crippen LogP contribution in [0.25, 0.3) is 0 Å². The smallest absolute Gasteiger partial charge is 0.313 e. The summed E-state index contributed by atoms with van der Waals surface area (Å²) in [4.78, 5) is 38.7. The zero-order valence-electron chi connectivity index (χ0n) is 14.5. The molecular formula is C18H23NO4. The molecule has 0 saturated heterocycles. The quantitative estimate of drug-likeness (QED) is 0.746. The molecule has 5 heteroatoms. The molecule has 1 heterocycles. The van der Waals surface area contributed by atoms with Gasteiger partial charge in [-0.3, -0.25) is 14.4 Å². The first kappa shape index (κ1) is 17.2. The fraction of sp³-hybridized carbons (Fsp3) is 0.500. The van der Waals surface area contributed by atoms with Crippen LogP contribution >= 0.6 is 0 Å². The van der Waals surface area contributed by atoms with Crippen LogP contribution in [-0.4, -0.2) is 22.7 Å². The Bertz CT molecular complexity index is 664. The Balaban J connectivity index is 2.47. The molecule has 0 radical (unpaired) electrons. The lowest BCUT2D eigenvalue weighted by atomic mass is 9.94. The number of carbonyl (C=O) groups excluding carboxylic acids is 3. The minimum absolute atomic E-state index is 0.370. The van der Waals surface area contributed by atoms with Gasteiger partial charge in [0.1, 0.15) is 0 Å². The number of benzene rings is 1. The molecule has 5 nitrogen and oxygen atoms in total. The molecule has 1 atom stereocenters. The van der Waals surface area contributed by atoms with Crippen molar-refractivity contribution in [1.82, 2.24) is 4.90 Å². The minimum atomic E-state index is -1.00. The minimum Gasteiger partial charge on any atom is -0.436 e. The van der Waals surface area contributed by atoms with E-state index in [0.29, 0.717) is 11.1 Å². The molecule has 0 saturated carbocycles. The Morgan fingerprint density at radius 2 is 1.57 bits per heavy atom. The van der Waals surface area contributed by atoms with Crippen LogP contribution in [0, 0.1) is 10.8 Å². The number of amides is 2. The van der Waals surface area contributed by atoms with E-state index in [1.54, 1.807) is 65.8 Å². The Kier molecular flexibility index (Phi) is 4.09. The topological polar surface area (TPSA) is 63.7 Å². The molecule has 1 aliphatic heterocycles. The molecule has 0 unspecified atom stereocenters. The maximum atomic E-state index is 12.7. The van der Waals surface area contributed by atoms with Crippen LogP contribution in [-0.2, 0) is 14.3 Å². The van der Waals surface area contributed by atoms with E-state index in [9.17, 15) is 14.4 Å². The van der Waals surface area contributed by atoms with Gasteiger partial charge in [-0.05, 0) is 26.8 Å². The lowest BCUT2D eigenvalue weighted by Crippen LogP contribution is -2.43. The number of ether oxygens (including phenoxy) is 1. The van der Waals surface area contributed by atoms with Crippen molar-refractivity contribution in [3.05, 3.63) is 35.4 Å². The number of fused-ring (bicyclic) bond motifs is 1. The SMILES string of the molecule is CC(C)(C)C(=O)O[C@H]1c2ccccc2C(=O)N1C(=O)C(C)(C)C. The summed E-state index contributed by atoms with van der Waals surface area (Å²) in [7, 11) is 0. The molecule has 0 aromatic heterocycles. The van der Waals surface area contributed by atoms with Crippen LogP contribution in [0.5, 0.6) is 0 Å². The zero-order chi connectivity index (χ0) is 17.6. The fourth-order valence-electron chi connectivity index (χ4n) is 2.24. The van der Waals surface area contributed by atoms with Crippen molar-refractivity contribution in [3.63, 3.8) is 0 Å². The van der Waals surface area contributed by atoms with Crippen LogP contribution in [0.1, 0.15) is 63.7 Å². The van der Waals surface area contributed by atoms with Crippen LogP contribution < -0.4 is 0 Å². The van der Waals surface area contributed by atoms with Gasteiger partial charge in [-0.2, -0.15) is 0 Å². The largest absolute Gasteiger partial charge is 0.436 e. The van der Waals surface area contributed by atoms with E-state index in [-0.39, 0.29) is 5.91 Å². The molecule has 1 aliphatic rings. The summed E-state index contributed by atoms with van der Waals surface area (Å²) in [6.45, 7) is 10.4. The second-order valence-corrected chi connectivity index (χ2v) is 7.83. The number of imide groups is 1. The van der Waals surface area contributed by atoms with Gasteiger partial charge in [-0.15, -0.1) is 0 Å². The third-order valence-electron chi connectivity index (χ3n) is 3.60. The average molecular weight is 317 g/mol.